The second-order valence-electron chi connectivity index (χ2n) is 6.94. The molecule has 0 aliphatic rings. The van der Waals surface area contributed by atoms with Crippen molar-refractivity contribution in [1.82, 2.24) is 15.2 Å². The van der Waals surface area contributed by atoms with Crippen LogP contribution < -0.4 is 10.1 Å². The zero-order chi connectivity index (χ0) is 20.6. The van der Waals surface area contributed by atoms with Gasteiger partial charge in [-0.2, -0.15) is 0 Å². The highest BCUT2D eigenvalue weighted by Gasteiger charge is 2.09. The van der Waals surface area contributed by atoms with Gasteiger partial charge in [-0.1, -0.05) is 29.8 Å². The fourth-order valence-corrected chi connectivity index (χ4v) is 3.02. The van der Waals surface area contributed by atoms with Crippen LogP contribution in [0, 0.1) is 6.92 Å². The highest BCUT2D eigenvalue weighted by Crippen LogP contribution is 2.19. The summed E-state index contributed by atoms with van der Waals surface area (Å²) in [6.45, 7) is 3.54. The number of aryl methyl sites for hydroxylation is 1. The lowest BCUT2D eigenvalue weighted by atomic mass is 10.1. The molecule has 0 aliphatic carbocycles. The number of aliphatic imine (C=N–C) groups is 1. The van der Waals surface area contributed by atoms with Gasteiger partial charge in [0.05, 0.1) is 12.8 Å². The maximum absolute atomic E-state index is 5.63. The lowest BCUT2D eigenvalue weighted by Gasteiger charge is -2.22. The molecule has 6 heteroatoms. The molecule has 0 unspecified atom stereocenters. The second-order valence-corrected chi connectivity index (χ2v) is 6.94. The number of nitrogens with one attached hydrogen (secondary N) is 1. The first-order chi connectivity index (χ1) is 14.1. The number of oxazole rings is 1. The Hall–Kier alpha value is -3.28. The zero-order valence-electron chi connectivity index (χ0n) is 17.5. The second kappa shape index (κ2) is 9.78. The van der Waals surface area contributed by atoms with Crippen molar-refractivity contribution >= 4 is 5.96 Å². The van der Waals surface area contributed by atoms with Gasteiger partial charge in [0.25, 0.3) is 0 Å². The number of ether oxygens (including phenoxy) is 1. The smallest absolute Gasteiger partial charge is 0.226 e. The largest absolute Gasteiger partial charge is 0.497 e. The standard InChI is InChI=1S/C23H28N4O2/c1-17-5-9-19(10-6-17)22-26-20(16-29-22)13-14-25-23(24-2)27(3)15-18-7-11-21(28-4)12-8-18/h5-12,16H,13-15H2,1-4H3,(H,24,25). The fourth-order valence-electron chi connectivity index (χ4n) is 3.02. The summed E-state index contributed by atoms with van der Waals surface area (Å²) in [5.74, 6) is 2.35. The van der Waals surface area contributed by atoms with Crippen LogP contribution in [0.2, 0.25) is 0 Å². The van der Waals surface area contributed by atoms with Crippen molar-refractivity contribution < 1.29 is 9.15 Å². The molecule has 29 heavy (non-hydrogen) atoms. The summed E-state index contributed by atoms with van der Waals surface area (Å²) in [4.78, 5) is 11.0. The summed E-state index contributed by atoms with van der Waals surface area (Å²) in [5.41, 5.74) is 4.32. The molecule has 2 aromatic carbocycles. The minimum Gasteiger partial charge on any atom is -0.497 e. The van der Waals surface area contributed by atoms with Gasteiger partial charge in [0.15, 0.2) is 5.96 Å². The number of benzene rings is 2. The van der Waals surface area contributed by atoms with E-state index >= 15 is 0 Å². The van der Waals surface area contributed by atoms with Gasteiger partial charge >= 0.3 is 0 Å². The fraction of sp³-hybridized carbons (Fsp3) is 0.304. The molecule has 0 atom stereocenters. The number of hydrogen-bond donors (Lipinski definition) is 1. The molecule has 1 aromatic heterocycles. The third kappa shape index (κ3) is 5.60. The molecule has 0 bridgehead atoms. The van der Waals surface area contributed by atoms with Crippen molar-refractivity contribution in [2.45, 2.75) is 19.9 Å². The molecule has 0 amide bonds. The molecule has 0 aliphatic heterocycles. The van der Waals surface area contributed by atoms with Gasteiger partial charge < -0.3 is 19.4 Å². The summed E-state index contributed by atoms with van der Waals surface area (Å²) in [6.07, 6.45) is 2.48. The van der Waals surface area contributed by atoms with Crippen molar-refractivity contribution in [2.24, 2.45) is 4.99 Å². The Bertz CT molecular complexity index is 930. The molecular formula is C23H28N4O2. The Morgan fingerprint density at radius 2 is 1.86 bits per heavy atom. The van der Waals surface area contributed by atoms with Crippen LogP contribution in [0.1, 0.15) is 16.8 Å². The number of guanidine groups is 1. The Morgan fingerprint density at radius 3 is 2.52 bits per heavy atom. The maximum atomic E-state index is 5.63. The summed E-state index contributed by atoms with van der Waals surface area (Å²) < 4.78 is 10.8. The van der Waals surface area contributed by atoms with Crippen LogP contribution in [0.25, 0.3) is 11.5 Å². The average Bonchev–Trinajstić information content (AvgIpc) is 3.21. The summed E-state index contributed by atoms with van der Waals surface area (Å²) in [5, 5.41) is 3.39. The van der Waals surface area contributed by atoms with Crippen molar-refractivity contribution in [3.05, 3.63) is 71.6 Å². The highest BCUT2D eigenvalue weighted by molar-refractivity contribution is 5.79. The predicted molar refractivity (Wildman–Crippen MR) is 116 cm³/mol. The first-order valence-electron chi connectivity index (χ1n) is 9.65. The van der Waals surface area contributed by atoms with Gasteiger partial charge in [0, 0.05) is 39.2 Å². The Labute approximate surface area is 172 Å². The van der Waals surface area contributed by atoms with Gasteiger partial charge in [-0.15, -0.1) is 0 Å². The van der Waals surface area contributed by atoms with E-state index in [4.69, 9.17) is 9.15 Å². The molecule has 0 saturated heterocycles. The third-order valence-corrected chi connectivity index (χ3v) is 4.67. The Balaban J connectivity index is 1.51. The van der Waals surface area contributed by atoms with Crippen molar-refractivity contribution in [3.63, 3.8) is 0 Å². The first-order valence-corrected chi connectivity index (χ1v) is 9.65. The van der Waals surface area contributed by atoms with Crippen molar-refractivity contribution in [3.8, 4) is 17.2 Å². The van der Waals surface area contributed by atoms with Crippen LogP contribution in [0.4, 0.5) is 0 Å². The van der Waals surface area contributed by atoms with E-state index < -0.39 is 0 Å². The van der Waals surface area contributed by atoms with Crippen molar-refractivity contribution in [1.29, 1.82) is 0 Å². The number of methoxy groups -OCH3 is 1. The number of rotatable bonds is 7. The topological polar surface area (TPSA) is 62.9 Å². The highest BCUT2D eigenvalue weighted by atomic mass is 16.5. The molecule has 1 N–H and O–H groups in total. The van der Waals surface area contributed by atoms with Crippen LogP contribution in [0.5, 0.6) is 5.75 Å². The Morgan fingerprint density at radius 1 is 1.14 bits per heavy atom. The van der Waals surface area contributed by atoms with E-state index in [0.29, 0.717) is 5.89 Å². The van der Waals surface area contributed by atoms with Crippen molar-refractivity contribution in [2.75, 3.05) is 27.7 Å². The van der Waals surface area contributed by atoms with E-state index in [2.05, 4.69) is 51.4 Å². The van der Waals surface area contributed by atoms with Crippen LogP contribution in [-0.4, -0.2) is 43.6 Å². The minimum atomic E-state index is 0.654. The number of hydrogen-bond acceptors (Lipinski definition) is 4. The van der Waals surface area contributed by atoms with Gasteiger partial charge in [-0.3, -0.25) is 4.99 Å². The Kier molecular flexibility index (Phi) is 6.89. The molecule has 6 nitrogen and oxygen atoms in total. The van der Waals surface area contributed by atoms with E-state index in [1.165, 1.54) is 11.1 Å². The molecular weight excluding hydrogens is 364 g/mol. The van der Waals surface area contributed by atoms with Gasteiger partial charge in [0.1, 0.15) is 12.0 Å². The lowest BCUT2D eigenvalue weighted by Crippen LogP contribution is -2.39. The van der Waals surface area contributed by atoms with E-state index in [0.717, 1.165) is 42.5 Å². The predicted octanol–water partition coefficient (Wildman–Crippen LogP) is 3.91. The third-order valence-electron chi connectivity index (χ3n) is 4.67. The monoisotopic (exact) mass is 392 g/mol. The molecule has 3 rings (SSSR count). The average molecular weight is 393 g/mol. The SMILES string of the molecule is CN=C(NCCc1coc(-c2ccc(C)cc2)n1)N(C)Cc1ccc(OC)cc1. The van der Waals surface area contributed by atoms with Gasteiger partial charge in [-0.05, 0) is 36.8 Å². The molecule has 0 radical (unpaired) electrons. The van der Waals surface area contributed by atoms with E-state index in [1.807, 2.05) is 31.3 Å². The van der Waals surface area contributed by atoms with Crippen LogP contribution in [0.15, 0.2) is 64.2 Å². The minimum absolute atomic E-state index is 0.654. The van der Waals surface area contributed by atoms with Crippen LogP contribution in [-0.2, 0) is 13.0 Å². The molecule has 152 valence electrons. The molecule has 0 saturated carbocycles. The quantitative estimate of drug-likeness (QED) is 0.488. The molecule has 3 aromatic rings. The normalized spacial score (nSPS) is 11.4. The first kappa shape index (κ1) is 20.5. The van der Waals surface area contributed by atoms with Gasteiger partial charge in [-0.25, -0.2) is 4.98 Å². The summed E-state index contributed by atoms with van der Waals surface area (Å²) in [6, 6.07) is 16.2. The lowest BCUT2D eigenvalue weighted by molar-refractivity contribution is 0.414. The zero-order valence-corrected chi connectivity index (χ0v) is 17.5. The van der Waals surface area contributed by atoms with Crippen LogP contribution >= 0.6 is 0 Å². The molecule has 1 heterocycles. The van der Waals surface area contributed by atoms with E-state index in [9.17, 15) is 0 Å². The molecule has 0 spiro atoms. The van der Waals surface area contributed by atoms with Gasteiger partial charge in [0.2, 0.25) is 5.89 Å². The summed E-state index contributed by atoms with van der Waals surface area (Å²) in [7, 11) is 5.48. The number of aromatic nitrogens is 1. The van der Waals surface area contributed by atoms with E-state index in [1.54, 1.807) is 20.4 Å². The number of nitrogens with zero attached hydrogens (tertiary/aromatic N) is 3. The van der Waals surface area contributed by atoms with E-state index in [-0.39, 0.29) is 0 Å². The van der Waals surface area contributed by atoms with Crippen LogP contribution in [0.3, 0.4) is 0 Å². The molecule has 0 fully saturated rings. The summed E-state index contributed by atoms with van der Waals surface area (Å²) >= 11 is 0. The maximum Gasteiger partial charge on any atom is 0.226 e.